The van der Waals surface area contributed by atoms with Crippen molar-refractivity contribution < 1.29 is 0 Å². The van der Waals surface area contributed by atoms with Crippen LogP contribution in [0.5, 0.6) is 0 Å². The van der Waals surface area contributed by atoms with Crippen LogP contribution in [-0.2, 0) is 5.54 Å². The summed E-state index contributed by atoms with van der Waals surface area (Å²) in [6.07, 6.45) is 1.87. The zero-order valence-corrected chi connectivity index (χ0v) is 12.1. The molecular formula is C13H18ClN5. The second-order valence-electron chi connectivity index (χ2n) is 4.85. The normalized spacial score (nSPS) is 11.8. The SMILES string of the molecule is CCC(C)(CC)n1nnnc1-c1cc(Cl)ccc1N. The summed E-state index contributed by atoms with van der Waals surface area (Å²) in [6, 6.07) is 5.32. The molecule has 0 bridgehead atoms. The Morgan fingerprint density at radius 1 is 1.32 bits per heavy atom. The predicted molar refractivity (Wildman–Crippen MR) is 76.9 cm³/mol. The Hall–Kier alpha value is -1.62. The molecule has 0 atom stereocenters. The number of hydrogen-bond acceptors (Lipinski definition) is 4. The highest BCUT2D eigenvalue weighted by Gasteiger charge is 2.28. The molecule has 19 heavy (non-hydrogen) atoms. The van der Waals surface area contributed by atoms with Crippen LogP contribution in [0.15, 0.2) is 18.2 Å². The number of anilines is 1. The van der Waals surface area contributed by atoms with E-state index in [1.54, 1.807) is 18.2 Å². The third-order valence-corrected chi connectivity index (χ3v) is 4.00. The minimum Gasteiger partial charge on any atom is -0.398 e. The quantitative estimate of drug-likeness (QED) is 0.873. The van der Waals surface area contributed by atoms with E-state index < -0.39 is 0 Å². The Kier molecular flexibility index (Phi) is 3.75. The molecular weight excluding hydrogens is 262 g/mol. The number of nitrogen functional groups attached to an aromatic ring is 1. The maximum atomic E-state index is 6.03. The molecule has 0 fully saturated rings. The van der Waals surface area contributed by atoms with Crippen molar-refractivity contribution >= 4 is 17.3 Å². The van der Waals surface area contributed by atoms with E-state index in [4.69, 9.17) is 17.3 Å². The molecule has 0 unspecified atom stereocenters. The molecule has 0 aliphatic rings. The lowest BCUT2D eigenvalue weighted by Gasteiger charge is -2.27. The first-order chi connectivity index (χ1) is 9.01. The highest BCUT2D eigenvalue weighted by Crippen LogP contribution is 2.32. The van der Waals surface area contributed by atoms with Gasteiger partial charge in [-0.05, 0) is 48.4 Å². The van der Waals surface area contributed by atoms with E-state index in [9.17, 15) is 0 Å². The van der Waals surface area contributed by atoms with Crippen molar-refractivity contribution in [1.29, 1.82) is 0 Å². The topological polar surface area (TPSA) is 69.6 Å². The predicted octanol–water partition coefficient (Wildman–Crippen LogP) is 3.11. The first-order valence-corrected chi connectivity index (χ1v) is 6.74. The molecule has 2 aromatic rings. The van der Waals surface area contributed by atoms with Crippen LogP contribution in [0.1, 0.15) is 33.6 Å². The van der Waals surface area contributed by atoms with E-state index in [0.29, 0.717) is 16.5 Å². The van der Waals surface area contributed by atoms with Crippen molar-refractivity contribution in [2.45, 2.75) is 39.2 Å². The van der Waals surface area contributed by atoms with Gasteiger partial charge in [-0.1, -0.05) is 25.4 Å². The molecule has 0 amide bonds. The van der Waals surface area contributed by atoms with Gasteiger partial charge in [-0.15, -0.1) is 5.10 Å². The van der Waals surface area contributed by atoms with Crippen LogP contribution in [0.3, 0.4) is 0 Å². The first kappa shape index (κ1) is 13.8. The Morgan fingerprint density at radius 3 is 2.63 bits per heavy atom. The molecule has 2 N–H and O–H groups in total. The summed E-state index contributed by atoms with van der Waals surface area (Å²) < 4.78 is 1.84. The Labute approximate surface area is 117 Å². The zero-order chi connectivity index (χ0) is 14.0. The van der Waals surface area contributed by atoms with Gasteiger partial charge in [-0.3, -0.25) is 0 Å². The van der Waals surface area contributed by atoms with E-state index >= 15 is 0 Å². The third-order valence-electron chi connectivity index (χ3n) is 3.76. The van der Waals surface area contributed by atoms with Gasteiger partial charge in [0.1, 0.15) is 0 Å². The molecule has 0 aliphatic carbocycles. The summed E-state index contributed by atoms with van der Waals surface area (Å²) in [5.41, 5.74) is 7.27. The second-order valence-corrected chi connectivity index (χ2v) is 5.29. The molecule has 0 saturated heterocycles. The van der Waals surface area contributed by atoms with Gasteiger partial charge < -0.3 is 5.73 Å². The fourth-order valence-corrected chi connectivity index (χ4v) is 2.16. The summed E-state index contributed by atoms with van der Waals surface area (Å²) in [7, 11) is 0. The zero-order valence-electron chi connectivity index (χ0n) is 11.4. The molecule has 0 saturated carbocycles. The smallest absolute Gasteiger partial charge is 0.184 e. The van der Waals surface area contributed by atoms with Gasteiger partial charge in [0.15, 0.2) is 5.82 Å². The van der Waals surface area contributed by atoms with Crippen LogP contribution in [-0.4, -0.2) is 20.2 Å². The van der Waals surface area contributed by atoms with Crippen LogP contribution in [0.25, 0.3) is 11.4 Å². The van der Waals surface area contributed by atoms with Crippen molar-refractivity contribution in [1.82, 2.24) is 20.2 Å². The van der Waals surface area contributed by atoms with E-state index in [-0.39, 0.29) is 5.54 Å². The van der Waals surface area contributed by atoms with Crippen molar-refractivity contribution in [2.75, 3.05) is 5.73 Å². The average Bonchev–Trinajstić information content (AvgIpc) is 2.90. The number of nitrogens with two attached hydrogens (primary N) is 1. The molecule has 0 aliphatic heterocycles. The third kappa shape index (κ3) is 2.42. The molecule has 6 heteroatoms. The molecule has 2 rings (SSSR count). The van der Waals surface area contributed by atoms with E-state index in [2.05, 4.69) is 36.3 Å². The number of tetrazole rings is 1. The average molecular weight is 280 g/mol. The Balaban J connectivity index is 2.59. The van der Waals surface area contributed by atoms with Crippen LogP contribution >= 0.6 is 11.6 Å². The highest BCUT2D eigenvalue weighted by atomic mass is 35.5. The monoisotopic (exact) mass is 279 g/mol. The largest absolute Gasteiger partial charge is 0.398 e. The van der Waals surface area contributed by atoms with Crippen molar-refractivity contribution in [3.8, 4) is 11.4 Å². The molecule has 1 aromatic heterocycles. The number of hydrogen-bond donors (Lipinski definition) is 1. The highest BCUT2D eigenvalue weighted by molar-refractivity contribution is 6.31. The van der Waals surface area contributed by atoms with Crippen LogP contribution in [0, 0.1) is 0 Å². The van der Waals surface area contributed by atoms with E-state index in [1.807, 2.05) is 4.68 Å². The molecule has 1 aromatic carbocycles. The van der Waals surface area contributed by atoms with Crippen molar-refractivity contribution in [3.63, 3.8) is 0 Å². The summed E-state index contributed by atoms with van der Waals surface area (Å²) in [5, 5.41) is 12.7. The molecule has 102 valence electrons. The van der Waals surface area contributed by atoms with Crippen LogP contribution < -0.4 is 5.73 Å². The fraction of sp³-hybridized carbons (Fsp3) is 0.462. The van der Waals surface area contributed by atoms with Crippen molar-refractivity contribution in [2.24, 2.45) is 0 Å². The summed E-state index contributed by atoms with van der Waals surface area (Å²) >= 11 is 6.03. The molecule has 0 radical (unpaired) electrons. The lowest BCUT2D eigenvalue weighted by Crippen LogP contribution is -2.30. The van der Waals surface area contributed by atoms with Gasteiger partial charge in [-0.2, -0.15) is 0 Å². The maximum absolute atomic E-state index is 6.03. The Bertz CT molecular complexity index is 574. The number of rotatable bonds is 4. The Morgan fingerprint density at radius 2 is 2.00 bits per heavy atom. The van der Waals surface area contributed by atoms with Crippen LogP contribution in [0.2, 0.25) is 5.02 Å². The summed E-state index contributed by atoms with van der Waals surface area (Å²) in [6.45, 7) is 6.38. The van der Waals surface area contributed by atoms with Gasteiger partial charge in [0, 0.05) is 16.3 Å². The molecule has 0 spiro atoms. The lowest BCUT2D eigenvalue weighted by molar-refractivity contribution is 0.262. The van der Waals surface area contributed by atoms with Gasteiger partial charge in [-0.25, -0.2) is 4.68 Å². The van der Waals surface area contributed by atoms with E-state index in [1.165, 1.54) is 0 Å². The summed E-state index contributed by atoms with van der Waals surface area (Å²) in [5.74, 6) is 0.659. The minimum absolute atomic E-state index is 0.131. The number of halogens is 1. The second kappa shape index (κ2) is 5.17. The summed E-state index contributed by atoms with van der Waals surface area (Å²) in [4.78, 5) is 0. The van der Waals surface area contributed by atoms with Gasteiger partial charge in [0.05, 0.1) is 5.54 Å². The van der Waals surface area contributed by atoms with E-state index in [0.717, 1.165) is 18.4 Å². The van der Waals surface area contributed by atoms with Crippen molar-refractivity contribution in [3.05, 3.63) is 23.2 Å². The lowest BCUT2D eigenvalue weighted by atomic mass is 9.95. The number of benzene rings is 1. The maximum Gasteiger partial charge on any atom is 0.184 e. The molecule has 5 nitrogen and oxygen atoms in total. The molecule has 1 heterocycles. The fourth-order valence-electron chi connectivity index (χ4n) is 1.99. The van der Waals surface area contributed by atoms with Gasteiger partial charge >= 0.3 is 0 Å². The minimum atomic E-state index is -0.131. The number of nitrogens with zero attached hydrogens (tertiary/aromatic N) is 4. The standard InChI is InChI=1S/C13H18ClN5/c1-4-13(3,5-2)19-12(16-17-18-19)10-8-9(14)6-7-11(10)15/h6-8H,4-5,15H2,1-3H3. The number of aromatic nitrogens is 4. The van der Waals surface area contributed by atoms with Gasteiger partial charge in [0.25, 0.3) is 0 Å². The first-order valence-electron chi connectivity index (χ1n) is 6.36. The van der Waals surface area contributed by atoms with Crippen LogP contribution in [0.4, 0.5) is 5.69 Å². The van der Waals surface area contributed by atoms with Gasteiger partial charge in [0.2, 0.25) is 0 Å².